The monoisotopic (exact) mass is 350 g/mol. The summed E-state index contributed by atoms with van der Waals surface area (Å²) in [5.74, 6) is 0.609. The lowest BCUT2D eigenvalue weighted by Gasteiger charge is -2.04. The van der Waals surface area contributed by atoms with Crippen LogP contribution in [0.25, 0.3) is 17.3 Å². The Labute approximate surface area is 150 Å². The van der Waals surface area contributed by atoms with Crippen LogP contribution in [0.3, 0.4) is 0 Å². The van der Waals surface area contributed by atoms with Gasteiger partial charge in [0.1, 0.15) is 5.75 Å². The lowest BCUT2D eigenvalue weighted by molar-refractivity contribution is -0.111. The van der Waals surface area contributed by atoms with E-state index >= 15 is 0 Å². The summed E-state index contributed by atoms with van der Waals surface area (Å²) in [4.78, 5) is 16.6. The van der Waals surface area contributed by atoms with Crippen molar-refractivity contribution in [1.82, 2.24) is 4.98 Å². The third kappa shape index (κ3) is 4.55. The fourth-order valence-electron chi connectivity index (χ4n) is 2.32. The number of methoxy groups -OCH3 is 1. The summed E-state index contributed by atoms with van der Waals surface area (Å²) >= 11 is 1.61. The molecule has 3 aromatic rings. The van der Waals surface area contributed by atoms with E-state index in [1.807, 2.05) is 60.8 Å². The molecule has 0 radical (unpaired) electrons. The third-order valence-corrected chi connectivity index (χ3v) is 4.36. The van der Waals surface area contributed by atoms with Crippen LogP contribution in [0.2, 0.25) is 0 Å². The van der Waals surface area contributed by atoms with E-state index in [0.29, 0.717) is 0 Å². The smallest absolute Gasteiger partial charge is 0.248 e. The van der Waals surface area contributed by atoms with Crippen molar-refractivity contribution in [2.75, 3.05) is 12.4 Å². The highest BCUT2D eigenvalue weighted by atomic mass is 32.1. The predicted octanol–water partition coefficient (Wildman–Crippen LogP) is 4.78. The van der Waals surface area contributed by atoms with E-state index in [2.05, 4.69) is 10.3 Å². The fourth-order valence-corrected chi connectivity index (χ4v) is 2.95. The Morgan fingerprint density at radius 1 is 1.20 bits per heavy atom. The van der Waals surface area contributed by atoms with Crippen LogP contribution in [-0.2, 0) is 4.79 Å². The molecule has 1 amide bonds. The van der Waals surface area contributed by atoms with Gasteiger partial charge in [-0.1, -0.05) is 24.3 Å². The van der Waals surface area contributed by atoms with Crippen LogP contribution in [0.1, 0.15) is 10.6 Å². The van der Waals surface area contributed by atoms with Gasteiger partial charge in [-0.15, -0.1) is 11.3 Å². The van der Waals surface area contributed by atoms with Crippen molar-refractivity contribution in [2.24, 2.45) is 0 Å². The maximum Gasteiger partial charge on any atom is 0.248 e. The molecule has 3 rings (SSSR count). The number of ether oxygens (including phenoxy) is 1. The van der Waals surface area contributed by atoms with Crippen LogP contribution < -0.4 is 10.1 Å². The standard InChI is InChI=1S/C20H18N2O2S/c1-14-21-19(13-25-14)16-4-3-5-17(12-16)22-20(23)11-8-15-6-9-18(24-2)10-7-15/h3-13H,1-2H3,(H,22,23)/b11-8+. The number of thiazole rings is 1. The van der Waals surface area contributed by atoms with Crippen LogP contribution in [0, 0.1) is 6.92 Å². The molecule has 0 aliphatic carbocycles. The highest BCUT2D eigenvalue weighted by molar-refractivity contribution is 7.09. The second-order valence-corrected chi connectivity index (χ2v) is 6.49. The van der Waals surface area contributed by atoms with Crippen molar-refractivity contribution in [3.8, 4) is 17.0 Å². The van der Waals surface area contributed by atoms with Crippen LogP contribution >= 0.6 is 11.3 Å². The van der Waals surface area contributed by atoms with Crippen LogP contribution in [-0.4, -0.2) is 18.0 Å². The topological polar surface area (TPSA) is 51.2 Å². The molecule has 0 bridgehead atoms. The number of carbonyl (C=O) groups excluding carboxylic acids is 1. The van der Waals surface area contributed by atoms with Crippen LogP contribution in [0.15, 0.2) is 60.0 Å². The molecule has 5 heteroatoms. The summed E-state index contributed by atoms with van der Waals surface area (Å²) in [7, 11) is 1.62. The average molecular weight is 350 g/mol. The predicted molar refractivity (Wildman–Crippen MR) is 103 cm³/mol. The zero-order chi connectivity index (χ0) is 17.6. The molecule has 4 nitrogen and oxygen atoms in total. The Hall–Kier alpha value is -2.92. The first kappa shape index (κ1) is 16.9. The van der Waals surface area contributed by atoms with Crippen molar-refractivity contribution in [1.29, 1.82) is 0 Å². The molecule has 0 atom stereocenters. The van der Waals surface area contributed by atoms with Gasteiger partial charge >= 0.3 is 0 Å². The van der Waals surface area contributed by atoms with Gasteiger partial charge in [-0.3, -0.25) is 4.79 Å². The zero-order valence-electron chi connectivity index (χ0n) is 14.0. The third-order valence-electron chi connectivity index (χ3n) is 3.59. The molecule has 1 N–H and O–H groups in total. The van der Waals surface area contributed by atoms with Gasteiger partial charge in [-0.25, -0.2) is 4.98 Å². The van der Waals surface area contributed by atoms with E-state index in [9.17, 15) is 4.79 Å². The van der Waals surface area contributed by atoms with E-state index in [1.165, 1.54) is 6.08 Å². The van der Waals surface area contributed by atoms with Crippen molar-refractivity contribution < 1.29 is 9.53 Å². The van der Waals surface area contributed by atoms with Crippen molar-refractivity contribution in [3.05, 3.63) is 70.6 Å². The van der Waals surface area contributed by atoms with Gasteiger partial charge in [0, 0.05) is 22.7 Å². The quantitative estimate of drug-likeness (QED) is 0.674. The zero-order valence-corrected chi connectivity index (χ0v) is 14.8. The molecular weight excluding hydrogens is 332 g/mol. The Kier molecular flexibility index (Phi) is 5.26. The van der Waals surface area contributed by atoms with E-state index in [0.717, 1.165) is 33.3 Å². The van der Waals surface area contributed by atoms with Crippen LogP contribution in [0.4, 0.5) is 5.69 Å². The number of aryl methyl sites for hydroxylation is 1. The molecule has 126 valence electrons. The number of aromatic nitrogens is 1. The maximum absolute atomic E-state index is 12.1. The lowest BCUT2D eigenvalue weighted by atomic mass is 10.1. The SMILES string of the molecule is COc1ccc(/C=C/C(=O)Nc2cccc(-c3csc(C)n3)c2)cc1. The van der Waals surface area contributed by atoms with E-state index in [4.69, 9.17) is 4.74 Å². The molecule has 0 aliphatic heterocycles. The first-order valence-corrected chi connectivity index (χ1v) is 8.68. The van der Waals surface area contributed by atoms with Gasteiger partial charge in [0.15, 0.2) is 0 Å². The van der Waals surface area contributed by atoms with Gasteiger partial charge in [-0.05, 0) is 42.8 Å². The summed E-state index contributed by atoms with van der Waals surface area (Å²) < 4.78 is 5.12. The van der Waals surface area contributed by atoms with E-state index < -0.39 is 0 Å². The van der Waals surface area contributed by atoms with Crippen molar-refractivity contribution in [2.45, 2.75) is 6.92 Å². The average Bonchev–Trinajstić information content (AvgIpc) is 3.07. The number of anilines is 1. The van der Waals surface area contributed by atoms with Gasteiger partial charge in [-0.2, -0.15) is 0 Å². The molecule has 1 heterocycles. The van der Waals surface area contributed by atoms with Gasteiger partial charge in [0.05, 0.1) is 17.8 Å². The Morgan fingerprint density at radius 3 is 2.68 bits per heavy atom. The number of hydrogen-bond acceptors (Lipinski definition) is 4. The summed E-state index contributed by atoms with van der Waals surface area (Å²) in [6.45, 7) is 1.98. The van der Waals surface area contributed by atoms with E-state index in [-0.39, 0.29) is 5.91 Å². The van der Waals surface area contributed by atoms with Gasteiger partial charge in [0.25, 0.3) is 0 Å². The first-order valence-electron chi connectivity index (χ1n) is 7.80. The normalized spacial score (nSPS) is 10.8. The Balaban J connectivity index is 1.67. The number of carbonyl (C=O) groups is 1. The Bertz CT molecular complexity index is 898. The Morgan fingerprint density at radius 2 is 2.00 bits per heavy atom. The first-order chi connectivity index (χ1) is 12.1. The largest absolute Gasteiger partial charge is 0.497 e. The van der Waals surface area contributed by atoms with E-state index in [1.54, 1.807) is 24.5 Å². The van der Waals surface area contributed by atoms with Crippen molar-refractivity contribution >= 4 is 29.0 Å². The maximum atomic E-state index is 12.1. The molecule has 2 aromatic carbocycles. The van der Waals surface area contributed by atoms with Crippen molar-refractivity contribution in [3.63, 3.8) is 0 Å². The molecule has 25 heavy (non-hydrogen) atoms. The molecule has 0 saturated heterocycles. The molecule has 0 saturated carbocycles. The number of nitrogens with zero attached hydrogens (tertiary/aromatic N) is 1. The van der Waals surface area contributed by atoms with Crippen LogP contribution in [0.5, 0.6) is 5.75 Å². The number of nitrogens with one attached hydrogen (secondary N) is 1. The van der Waals surface area contributed by atoms with Gasteiger partial charge < -0.3 is 10.1 Å². The fraction of sp³-hybridized carbons (Fsp3) is 0.100. The minimum Gasteiger partial charge on any atom is -0.497 e. The minimum atomic E-state index is -0.178. The molecule has 0 unspecified atom stereocenters. The molecule has 0 fully saturated rings. The number of benzene rings is 2. The number of hydrogen-bond donors (Lipinski definition) is 1. The molecule has 1 aromatic heterocycles. The van der Waals surface area contributed by atoms with Gasteiger partial charge in [0.2, 0.25) is 5.91 Å². The summed E-state index contributed by atoms with van der Waals surface area (Å²) in [6, 6.07) is 15.2. The molecule has 0 aliphatic rings. The summed E-state index contributed by atoms with van der Waals surface area (Å²) in [5.41, 5.74) is 3.59. The number of rotatable bonds is 5. The summed E-state index contributed by atoms with van der Waals surface area (Å²) in [6.07, 6.45) is 3.28. The highest BCUT2D eigenvalue weighted by Crippen LogP contribution is 2.24. The molecule has 0 spiro atoms. The second-order valence-electron chi connectivity index (χ2n) is 5.43. The molecular formula is C20H18N2O2S. The lowest BCUT2D eigenvalue weighted by Crippen LogP contribution is -2.07. The summed E-state index contributed by atoms with van der Waals surface area (Å²) in [5, 5.41) is 5.91. The highest BCUT2D eigenvalue weighted by Gasteiger charge is 2.04. The second kappa shape index (κ2) is 7.77. The minimum absolute atomic E-state index is 0.178. The number of amides is 1.